The van der Waals surface area contributed by atoms with Gasteiger partial charge in [0.05, 0.1) is 12.6 Å². The molecule has 1 aromatic rings. The normalized spacial score (nSPS) is 18.3. The highest BCUT2D eigenvalue weighted by Gasteiger charge is 2.27. The van der Waals surface area contributed by atoms with Crippen molar-refractivity contribution in [3.05, 3.63) is 72.9 Å². The van der Waals surface area contributed by atoms with E-state index in [9.17, 15) is 4.79 Å². The second kappa shape index (κ2) is 8.46. The first-order valence-corrected chi connectivity index (χ1v) is 7.84. The van der Waals surface area contributed by atoms with E-state index in [1.165, 1.54) is 5.56 Å². The molecule has 1 heterocycles. The van der Waals surface area contributed by atoms with Crippen LogP contribution in [-0.4, -0.2) is 53.6 Å². The first kappa shape index (κ1) is 17.2. The van der Waals surface area contributed by atoms with Crippen molar-refractivity contribution in [2.75, 3.05) is 32.7 Å². The van der Waals surface area contributed by atoms with Gasteiger partial charge in [-0.1, -0.05) is 61.7 Å². The molecule has 0 radical (unpaired) electrons. The van der Waals surface area contributed by atoms with Crippen molar-refractivity contribution in [3.8, 4) is 0 Å². The van der Waals surface area contributed by atoms with Crippen molar-refractivity contribution in [2.45, 2.75) is 6.04 Å². The largest absolute Gasteiger partial charge is 0.480 e. The molecule has 0 spiro atoms. The molecule has 0 aromatic heterocycles. The monoisotopic (exact) mass is 312 g/mol. The van der Waals surface area contributed by atoms with E-state index in [1.807, 2.05) is 35.3 Å². The molecule has 1 atom stereocenters. The Morgan fingerprint density at radius 1 is 1.17 bits per heavy atom. The molecule has 0 amide bonds. The van der Waals surface area contributed by atoms with Crippen molar-refractivity contribution >= 4 is 5.97 Å². The highest BCUT2D eigenvalue weighted by atomic mass is 16.4. The van der Waals surface area contributed by atoms with Gasteiger partial charge in [-0.15, -0.1) is 0 Å². The van der Waals surface area contributed by atoms with Crippen LogP contribution in [0.5, 0.6) is 0 Å². The highest BCUT2D eigenvalue weighted by molar-refractivity contribution is 5.69. The maximum Gasteiger partial charge on any atom is 0.317 e. The molecular formula is C19H24N2O2. The molecule has 0 bridgehead atoms. The van der Waals surface area contributed by atoms with E-state index >= 15 is 0 Å². The van der Waals surface area contributed by atoms with Crippen LogP contribution in [0.2, 0.25) is 0 Å². The summed E-state index contributed by atoms with van der Waals surface area (Å²) in [4.78, 5) is 15.2. The molecule has 1 N–H and O–H groups in total. The van der Waals surface area contributed by atoms with Gasteiger partial charge in [0.2, 0.25) is 0 Å². The Balaban J connectivity index is 2.19. The van der Waals surface area contributed by atoms with Crippen LogP contribution in [0.15, 0.2) is 67.3 Å². The van der Waals surface area contributed by atoms with E-state index in [-0.39, 0.29) is 12.6 Å². The zero-order valence-corrected chi connectivity index (χ0v) is 13.4. The molecule has 1 aliphatic heterocycles. The van der Waals surface area contributed by atoms with Crippen molar-refractivity contribution in [1.29, 1.82) is 0 Å². The molecule has 1 aliphatic rings. The summed E-state index contributed by atoms with van der Waals surface area (Å²) in [6.07, 6.45) is 5.66. The third kappa shape index (κ3) is 4.65. The van der Waals surface area contributed by atoms with Crippen molar-refractivity contribution in [3.63, 3.8) is 0 Å². The summed E-state index contributed by atoms with van der Waals surface area (Å²) in [5.41, 5.74) is 2.32. The number of rotatable bonds is 7. The average molecular weight is 312 g/mol. The number of hydrogen-bond acceptors (Lipinski definition) is 3. The molecule has 122 valence electrons. The summed E-state index contributed by atoms with van der Waals surface area (Å²) in [6.45, 7) is 11.0. The van der Waals surface area contributed by atoms with Gasteiger partial charge in [0.1, 0.15) is 0 Å². The Labute approximate surface area is 138 Å². The summed E-state index contributed by atoms with van der Waals surface area (Å²) in [6, 6.07) is 10.5. The zero-order valence-electron chi connectivity index (χ0n) is 13.4. The Morgan fingerprint density at radius 2 is 1.83 bits per heavy atom. The first-order valence-electron chi connectivity index (χ1n) is 7.84. The Morgan fingerprint density at radius 3 is 2.35 bits per heavy atom. The Hall–Kier alpha value is -2.17. The third-order valence-corrected chi connectivity index (χ3v) is 4.11. The second-order valence-electron chi connectivity index (χ2n) is 5.63. The fourth-order valence-corrected chi connectivity index (χ4v) is 3.03. The lowest BCUT2D eigenvalue weighted by Crippen LogP contribution is -2.49. The van der Waals surface area contributed by atoms with Gasteiger partial charge in [-0.2, -0.15) is 0 Å². The fraction of sp³-hybridized carbons (Fsp3) is 0.316. The lowest BCUT2D eigenvalue weighted by molar-refractivity contribution is -0.138. The van der Waals surface area contributed by atoms with Crippen LogP contribution in [0, 0.1) is 0 Å². The van der Waals surface area contributed by atoms with Crippen molar-refractivity contribution in [2.24, 2.45) is 0 Å². The lowest BCUT2D eigenvalue weighted by Gasteiger charge is -2.39. The number of aliphatic carboxylic acids is 1. The molecular weight excluding hydrogens is 288 g/mol. The van der Waals surface area contributed by atoms with Crippen LogP contribution in [0.1, 0.15) is 11.6 Å². The average Bonchev–Trinajstić information content (AvgIpc) is 2.56. The number of carboxylic acids is 1. The van der Waals surface area contributed by atoms with Gasteiger partial charge < -0.3 is 5.11 Å². The number of allylic oxidation sites excluding steroid dienone is 2. The van der Waals surface area contributed by atoms with Crippen LogP contribution in [0.4, 0.5) is 0 Å². The topological polar surface area (TPSA) is 43.8 Å². The number of piperazine rings is 1. The zero-order chi connectivity index (χ0) is 16.7. The van der Waals surface area contributed by atoms with Crippen LogP contribution < -0.4 is 0 Å². The predicted octanol–water partition coefficient (Wildman–Crippen LogP) is 2.73. The van der Waals surface area contributed by atoms with Crippen LogP contribution in [0.25, 0.3) is 0 Å². The summed E-state index contributed by atoms with van der Waals surface area (Å²) < 4.78 is 0. The fourth-order valence-electron chi connectivity index (χ4n) is 3.03. The maximum atomic E-state index is 10.9. The van der Waals surface area contributed by atoms with Gasteiger partial charge in [-0.3, -0.25) is 14.6 Å². The second-order valence-corrected chi connectivity index (χ2v) is 5.63. The molecule has 1 fully saturated rings. The molecule has 0 aliphatic carbocycles. The van der Waals surface area contributed by atoms with E-state index in [1.54, 1.807) is 6.08 Å². The van der Waals surface area contributed by atoms with E-state index in [4.69, 9.17) is 5.11 Å². The van der Waals surface area contributed by atoms with Crippen LogP contribution in [0.3, 0.4) is 0 Å². The third-order valence-electron chi connectivity index (χ3n) is 4.11. The minimum absolute atomic E-state index is 0.112. The molecule has 4 nitrogen and oxygen atoms in total. The van der Waals surface area contributed by atoms with E-state index < -0.39 is 5.97 Å². The van der Waals surface area contributed by atoms with Crippen LogP contribution >= 0.6 is 0 Å². The van der Waals surface area contributed by atoms with E-state index in [0.29, 0.717) is 0 Å². The van der Waals surface area contributed by atoms with Crippen molar-refractivity contribution < 1.29 is 9.90 Å². The number of carboxylic acid groups (broad SMARTS) is 1. The quantitative estimate of drug-likeness (QED) is 0.786. The van der Waals surface area contributed by atoms with Crippen LogP contribution in [-0.2, 0) is 4.79 Å². The van der Waals surface area contributed by atoms with Gasteiger partial charge in [0.15, 0.2) is 0 Å². The summed E-state index contributed by atoms with van der Waals surface area (Å²) in [7, 11) is 0. The van der Waals surface area contributed by atoms with E-state index in [2.05, 4.69) is 30.2 Å². The molecule has 0 saturated carbocycles. The number of hydrogen-bond donors (Lipinski definition) is 1. The highest BCUT2D eigenvalue weighted by Crippen LogP contribution is 2.30. The molecule has 23 heavy (non-hydrogen) atoms. The van der Waals surface area contributed by atoms with Crippen molar-refractivity contribution in [1.82, 2.24) is 9.80 Å². The minimum atomic E-state index is -0.767. The summed E-state index contributed by atoms with van der Waals surface area (Å²) in [5, 5.41) is 8.93. The standard InChI is InChI=1S/C19H24N2O2/c1-3-8-16(4-2)19(17-9-6-5-7-10-17)21-13-11-20(12-14-21)15-18(22)23/h3-10,19H,1-2,11-15H2,(H,22,23)/b16-8+. The van der Waals surface area contributed by atoms with Gasteiger partial charge in [0, 0.05) is 26.2 Å². The SMILES string of the molecule is C=C/C=C(\C=C)C(c1ccccc1)N1CCN(CC(=O)O)CC1. The molecule has 4 heteroatoms. The molecule has 2 rings (SSSR count). The van der Waals surface area contributed by atoms with E-state index in [0.717, 1.165) is 31.8 Å². The first-order chi connectivity index (χ1) is 11.2. The Bertz CT molecular complexity index is 572. The summed E-state index contributed by atoms with van der Waals surface area (Å²) >= 11 is 0. The lowest BCUT2D eigenvalue weighted by atomic mass is 9.95. The minimum Gasteiger partial charge on any atom is -0.480 e. The van der Waals surface area contributed by atoms with Gasteiger partial charge in [-0.25, -0.2) is 0 Å². The predicted molar refractivity (Wildman–Crippen MR) is 93.3 cm³/mol. The van der Waals surface area contributed by atoms with Gasteiger partial charge >= 0.3 is 5.97 Å². The number of nitrogens with zero attached hydrogens (tertiary/aromatic N) is 2. The summed E-state index contributed by atoms with van der Waals surface area (Å²) in [5.74, 6) is -0.767. The number of carbonyl (C=O) groups is 1. The molecule has 1 aromatic carbocycles. The van der Waals surface area contributed by atoms with Gasteiger partial charge in [-0.05, 0) is 11.1 Å². The molecule has 1 saturated heterocycles. The smallest absolute Gasteiger partial charge is 0.317 e. The molecule has 1 unspecified atom stereocenters. The number of benzene rings is 1. The Kier molecular flexibility index (Phi) is 6.32. The maximum absolute atomic E-state index is 10.9. The van der Waals surface area contributed by atoms with Gasteiger partial charge in [0.25, 0.3) is 0 Å².